The van der Waals surface area contributed by atoms with Gasteiger partial charge in [0.2, 0.25) is 0 Å². The first-order valence-corrected chi connectivity index (χ1v) is 8.06. The maximum atomic E-state index is 12.4. The average Bonchev–Trinajstić information content (AvgIpc) is 3.11. The molecule has 0 atom stereocenters. The van der Waals surface area contributed by atoms with Gasteiger partial charge >= 0.3 is 0 Å². The van der Waals surface area contributed by atoms with Gasteiger partial charge in [-0.25, -0.2) is 4.98 Å². The first-order chi connectivity index (χ1) is 10.7. The topological polar surface area (TPSA) is 61.0 Å². The second-order valence-electron chi connectivity index (χ2n) is 5.61. The van der Waals surface area contributed by atoms with Gasteiger partial charge in [-0.05, 0) is 30.6 Å². The summed E-state index contributed by atoms with van der Waals surface area (Å²) in [7, 11) is 2.10. The Morgan fingerprint density at radius 1 is 1.41 bits per heavy atom. The number of rotatable bonds is 2. The summed E-state index contributed by atoms with van der Waals surface area (Å²) in [5, 5.41) is 4.72. The molecule has 0 radical (unpaired) electrons. The minimum Gasteiger partial charge on any atom is -0.361 e. The highest BCUT2D eigenvalue weighted by Crippen LogP contribution is 2.28. The highest BCUT2D eigenvalue weighted by Gasteiger charge is 2.19. The van der Waals surface area contributed by atoms with Crippen molar-refractivity contribution >= 4 is 33.3 Å². The number of aromatic amines is 1. The van der Waals surface area contributed by atoms with E-state index < -0.39 is 0 Å². The summed E-state index contributed by atoms with van der Waals surface area (Å²) >= 11 is 1.57. The predicted octanol–water partition coefficient (Wildman–Crippen LogP) is 2.86. The lowest BCUT2D eigenvalue weighted by molar-refractivity contribution is 0.102. The van der Waals surface area contributed by atoms with E-state index in [-0.39, 0.29) is 5.91 Å². The number of fused-ring (bicyclic) bond motifs is 2. The summed E-state index contributed by atoms with van der Waals surface area (Å²) in [5.41, 5.74) is 2.73. The van der Waals surface area contributed by atoms with Crippen LogP contribution in [0.25, 0.3) is 10.9 Å². The molecule has 1 aromatic carbocycles. The Labute approximate surface area is 132 Å². The van der Waals surface area contributed by atoms with E-state index in [1.54, 1.807) is 11.3 Å². The zero-order valence-electron chi connectivity index (χ0n) is 12.2. The van der Waals surface area contributed by atoms with Crippen LogP contribution in [0, 0.1) is 0 Å². The minimum atomic E-state index is -0.115. The number of aromatic nitrogens is 2. The van der Waals surface area contributed by atoms with Gasteiger partial charge in [-0.3, -0.25) is 10.1 Å². The Kier molecular flexibility index (Phi) is 3.20. The Hall–Kier alpha value is -2.18. The molecule has 3 aromatic rings. The first kappa shape index (κ1) is 13.5. The highest BCUT2D eigenvalue weighted by atomic mass is 32.1. The fourth-order valence-electron chi connectivity index (χ4n) is 2.74. The molecule has 0 fully saturated rings. The molecule has 0 unspecified atom stereocenters. The number of likely N-dealkylation sites (N-methyl/N-ethyl adjacent to an activating group) is 1. The molecule has 1 amide bonds. The van der Waals surface area contributed by atoms with Crippen LogP contribution in [0.5, 0.6) is 0 Å². The maximum Gasteiger partial charge on any atom is 0.257 e. The number of carbonyl (C=O) groups is 1. The van der Waals surface area contributed by atoms with Crippen molar-refractivity contribution < 1.29 is 4.79 Å². The Morgan fingerprint density at radius 3 is 3.23 bits per heavy atom. The third-order valence-electron chi connectivity index (χ3n) is 3.96. The van der Waals surface area contributed by atoms with E-state index in [2.05, 4.69) is 27.2 Å². The quantitative estimate of drug-likeness (QED) is 0.765. The van der Waals surface area contributed by atoms with Gasteiger partial charge in [-0.15, -0.1) is 11.3 Å². The molecule has 5 nitrogen and oxygen atoms in total. The second kappa shape index (κ2) is 5.23. The fraction of sp³-hybridized carbons (Fsp3) is 0.250. The molecule has 6 heteroatoms. The predicted molar refractivity (Wildman–Crippen MR) is 88.4 cm³/mol. The van der Waals surface area contributed by atoms with Crippen LogP contribution in [0.1, 0.15) is 20.9 Å². The van der Waals surface area contributed by atoms with Gasteiger partial charge in [0, 0.05) is 41.7 Å². The molecule has 0 saturated carbocycles. The summed E-state index contributed by atoms with van der Waals surface area (Å²) in [4.78, 5) is 23.6. The van der Waals surface area contributed by atoms with E-state index >= 15 is 0 Å². The normalized spacial score (nSPS) is 15.0. The smallest absolute Gasteiger partial charge is 0.257 e. The fourth-order valence-corrected chi connectivity index (χ4v) is 3.82. The summed E-state index contributed by atoms with van der Waals surface area (Å²) in [6.07, 6.45) is 2.82. The van der Waals surface area contributed by atoms with Crippen molar-refractivity contribution in [2.45, 2.75) is 13.0 Å². The summed E-state index contributed by atoms with van der Waals surface area (Å²) in [6.45, 7) is 1.94. The van der Waals surface area contributed by atoms with E-state index in [1.807, 2.05) is 30.5 Å². The van der Waals surface area contributed by atoms with E-state index in [0.717, 1.165) is 36.1 Å². The first-order valence-electron chi connectivity index (χ1n) is 7.25. The van der Waals surface area contributed by atoms with Crippen LogP contribution in [-0.4, -0.2) is 34.4 Å². The van der Waals surface area contributed by atoms with Crippen molar-refractivity contribution in [2.75, 3.05) is 18.9 Å². The molecule has 4 rings (SSSR count). The molecule has 2 N–H and O–H groups in total. The zero-order valence-corrected chi connectivity index (χ0v) is 13.0. The third-order valence-corrected chi connectivity index (χ3v) is 4.96. The molecule has 0 saturated heterocycles. The molecule has 0 aliphatic carbocycles. The van der Waals surface area contributed by atoms with Crippen LogP contribution in [0.3, 0.4) is 0 Å². The molecular formula is C16H16N4OS. The van der Waals surface area contributed by atoms with Crippen molar-refractivity contribution in [3.63, 3.8) is 0 Å². The number of H-pyrrole nitrogens is 1. The van der Waals surface area contributed by atoms with Gasteiger partial charge in [0.1, 0.15) is 0 Å². The Balaban J connectivity index is 1.56. The zero-order chi connectivity index (χ0) is 15.1. The largest absolute Gasteiger partial charge is 0.361 e. The molecule has 1 aliphatic rings. The van der Waals surface area contributed by atoms with Crippen molar-refractivity contribution in [2.24, 2.45) is 0 Å². The maximum absolute atomic E-state index is 12.4. The standard InChI is InChI=1S/C16H16N4OS/c1-20-7-5-12-14(9-20)22-16(18-12)19-15(21)11-3-2-10-4-6-17-13(10)8-11/h2-4,6,8,17H,5,7,9H2,1H3,(H,18,19,21). The lowest BCUT2D eigenvalue weighted by Crippen LogP contribution is -2.25. The molecule has 2 aromatic heterocycles. The summed E-state index contributed by atoms with van der Waals surface area (Å²) in [5.74, 6) is -0.115. The number of amides is 1. The number of thiazole rings is 1. The van der Waals surface area contributed by atoms with Gasteiger partial charge in [0.15, 0.2) is 5.13 Å². The molecular weight excluding hydrogens is 296 g/mol. The SMILES string of the molecule is CN1CCc2nc(NC(=O)c3ccc4cc[nH]c4c3)sc2C1. The summed E-state index contributed by atoms with van der Waals surface area (Å²) in [6, 6.07) is 7.64. The monoisotopic (exact) mass is 312 g/mol. The van der Waals surface area contributed by atoms with Crippen LogP contribution in [0.2, 0.25) is 0 Å². The Morgan fingerprint density at radius 2 is 2.32 bits per heavy atom. The third kappa shape index (κ3) is 2.40. The molecule has 1 aliphatic heterocycles. The lowest BCUT2D eigenvalue weighted by Gasteiger charge is -2.20. The number of anilines is 1. The number of carbonyl (C=O) groups excluding carboxylic acids is 1. The van der Waals surface area contributed by atoms with Crippen molar-refractivity contribution in [3.8, 4) is 0 Å². The van der Waals surface area contributed by atoms with Crippen LogP contribution in [0.4, 0.5) is 5.13 Å². The van der Waals surface area contributed by atoms with Gasteiger partial charge in [0.05, 0.1) is 5.69 Å². The number of nitrogens with one attached hydrogen (secondary N) is 2. The highest BCUT2D eigenvalue weighted by molar-refractivity contribution is 7.15. The van der Waals surface area contributed by atoms with Gasteiger partial charge in [0.25, 0.3) is 5.91 Å². The Bertz CT molecular complexity index is 851. The van der Waals surface area contributed by atoms with Gasteiger partial charge < -0.3 is 9.88 Å². The van der Waals surface area contributed by atoms with Crippen LogP contribution >= 0.6 is 11.3 Å². The van der Waals surface area contributed by atoms with Crippen molar-refractivity contribution in [1.82, 2.24) is 14.9 Å². The lowest BCUT2D eigenvalue weighted by atomic mass is 10.1. The van der Waals surface area contributed by atoms with E-state index in [4.69, 9.17) is 0 Å². The van der Waals surface area contributed by atoms with E-state index in [9.17, 15) is 4.79 Å². The molecule has 0 spiro atoms. The number of hydrogen-bond donors (Lipinski definition) is 2. The van der Waals surface area contributed by atoms with Gasteiger partial charge in [-0.2, -0.15) is 0 Å². The van der Waals surface area contributed by atoms with E-state index in [1.165, 1.54) is 4.88 Å². The van der Waals surface area contributed by atoms with Crippen molar-refractivity contribution in [3.05, 3.63) is 46.6 Å². The molecule has 0 bridgehead atoms. The van der Waals surface area contributed by atoms with Crippen LogP contribution < -0.4 is 5.32 Å². The molecule has 22 heavy (non-hydrogen) atoms. The summed E-state index contributed by atoms with van der Waals surface area (Å²) < 4.78 is 0. The van der Waals surface area contributed by atoms with Crippen molar-refractivity contribution in [1.29, 1.82) is 0 Å². The van der Waals surface area contributed by atoms with E-state index in [0.29, 0.717) is 10.7 Å². The molecule has 112 valence electrons. The number of benzene rings is 1. The molecule has 3 heterocycles. The van der Waals surface area contributed by atoms with Crippen LogP contribution in [0.15, 0.2) is 30.5 Å². The van der Waals surface area contributed by atoms with Crippen LogP contribution in [-0.2, 0) is 13.0 Å². The number of nitrogens with zero attached hydrogens (tertiary/aromatic N) is 2. The average molecular weight is 312 g/mol. The minimum absolute atomic E-state index is 0.115. The number of hydrogen-bond acceptors (Lipinski definition) is 4. The van der Waals surface area contributed by atoms with Gasteiger partial charge in [-0.1, -0.05) is 6.07 Å². The second-order valence-corrected chi connectivity index (χ2v) is 6.69.